The zero-order valence-corrected chi connectivity index (χ0v) is 14.7. The maximum absolute atomic E-state index is 12.1. The highest BCUT2D eigenvalue weighted by molar-refractivity contribution is 5.81. The summed E-state index contributed by atoms with van der Waals surface area (Å²) in [6.07, 6.45) is 0.454. The van der Waals surface area contributed by atoms with E-state index in [1.54, 1.807) is 13.8 Å². The summed E-state index contributed by atoms with van der Waals surface area (Å²) in [5, 5.41) is 15.5. The molecule has 1 aromatic rings. The molecule has 1 aliphatic rings. The average molecular weight is 336 g/mol. The molecule has 6 heteroatoms. The first-order chi connectivity index (χ1) is 11.4. The predicted molar refractivity (Wildman–Crippen MR) is 92.8 cm³/mol. The number of ether oxygens (including phenoxy) is 2. The Kier molecular flexibility index (Phi) is 6.60. The van der Waals surface area contributed by atoms with Crippen LogP contribution in [0.25, 0.3) is 0 Å². The molecule has 0 spiro atoms. The molecule has 2 unspecified atom stereocenters. The third kappa shape index (κ3) is 5.47. The van der Waals surface area contributed by atoms with Gasteiger partial charge in [0.05, 0.1) is 6.61 Å². The van der Waals surface area contributed by atoms with Gasteiger partial charge in [0.1, 0.15) is 6.10 Å². The zero-order chi connectivity index (χ0) is 17.6. The minimum atomic E-state index is -0.840. The molecule has 24 heavy (non-hydrogen) atoms. The number of unbranched alkanes of at least 4 members (excludes halogenated alkanes) is 1. The van der Waals surface area contributed by atoms with Crippen LogP contribution in [0.5, 0.6) is 0 Å². The highest BCUT2D eigenvalue weighted by Crippen LogP contribution is 2.27. The number of anilines is 1. The van der Waals surface area contributed by atoms with Gasteiger partial charge >= 0.3 is 0 Å². The van der Waals surface area contributed by atoms with E-state index in [4.69, 9.17) is 9.47 Å². The summed E-state index contributed by atoms with van der Waals surface area (Å²) in [7, 11) is 0. The van der Waals surface area contributed by atoms with Crippen LogP contribution in [0.2, 0.25) is 0 Å². The SMILES string of the molecule is Cc1ccc(NCCCCNC(=O)C2OC(C)(C)OC2CO)cc1. The fourth-order valence-corrected chi connectivity index (χ4v) is 2.66. The van der Waals surface area contributed by atoms with Crippen LogP contribution < -0.4 is 10.6 Å². The highest BCUT2D eigenvalue weighted by atomic mass is 16.8. The minimum Gasteiger partial charge on any atom is -0.394 e. The summed E-state index contributed by atoms with van der Waals surface area (Å²) >= 11 is 0. The number of nitrogens with one attached hydrogen (secondary N) is 2. The van der Waals surface area contributed by atoms with E-state index < -0.39 is 18.0 Å². The van der Waals surface area contributed by atoms with Crippen LogP contribution in [-0.4, -0.2) is 48.7 Å². The van der Waals surface area contributed by atoms with Crippen LogP contribution in [-0.2, 0) is 14.3 Å². The van der Waals surface area contributed by atoms with Crippen LogP contribution in [0.1, 0.15) is 32.3 Å². The first kappa shape index (κ1) is 18.7. The fourth-order valence-electron chi connectivity index (χ4n) is 2.66. The van der Waals surface area contributed by atoms with E-state index in [0.717, 1.165) is 25.1 Å². The number of hydrogen-bond acceptors (Lipinski definition) is 5. The molecule has 0 radical (unpaired) electrons. The van der Waals surface area contributed by atoms with Gasteiger partial charge in [-0.3, -0.25) is 4.79 Å². The number of aliphatic hydroxyl groups excluding tert-OH is 1. The number of carbonyl (C=O) groups is 1. The Labute approximate surface area is 143 Å². The second kappa shape index (κ2) is 8.46. The minimum absolute atomic E-state index is 0.230. The topological polar surface area (TPSA) is 79.8 Å². The van der Waals surface area contributed by atoms with Crippen molar-refractivity contribution in [1.82, 2.24) is 5.32 Å². The van der Waals surface area contributed by atoms with Crippen molar-refractivity contribution < 1.29 is 19.4 Å². The molecule has 2 atom stereocenters. The van der Waals surface area contributed by atoms with Crippen LogP contribution in [0, 0.1) is 6.92 Å². The van der Waals surface area contributed by atoms with E-state index in [1.807, 2.05) is 0 Å². The molecular weight excluding hydrogens is 308 g/mol. The second-order valence-corrected chi connectivity index (χ2v) is 6.57. The maximum atomic E-state index is 12.1. The van der Waals surface area contributed by atoms with Gasteiger partial charge < -0.3 is 25.2 Å². The molecule has 0 aliphatic carbocycles. The van der Waals surface area contributed by atoms with Crippen LogP contribution in [0.15, 0.2) is 24.3 Å². The Hall–Kier alpha value is -1.63. The zero-order valence-electron chi connectivity index (χ0n) is 14.7. The van der Waals surface area contributed by atoms with Crippen molar-refractivity contribution in [3.05, 3.63) is 29.8 Å². The van der Waals surface area contributed by atoms with Crippen molar-refractivity contribution in [2.75, 3.05) is 25.0 Å². The van der Waals surface area contributed by atoms with E-state index in [1.165, 1.54) is 5.56 Å². The average Bonchev–Trinajstić information content (AvgIpc) is 2.87. The Balaban J connectivity index is 1.61. The molecule has 6 nitrogen and oxygen atoms in total. The van der Waals surface area contributed by atoms with Gasteiger partial charge in [-0.25, -0.2) is 0 Å². The largest absolute Gasteiger partial charge is 0.394 e. The molecule has 1 fully saturated rings. The maximum Gasteiger partial charge on any atom is 0.252 e. The fraction of sp³-hybridized carbons (Fsp3) is 0.611. The van der Waals surface area contributed by atoms with Gasteiger partial charge in [0.15, 0.2) is 11.9 Å². The van der Waals surface area contributed by atoms with Crippen LogP contribution in [0.4, 0.5) is 5.69 Å². The first-order valence-electron chi connectivity index (χ1n) is 8.46. The lowest BCUT2D eigenvalue weighted by atomic mass is 10.2. The van der Waals surface area contributed by atoms with Gasteiger partial charge in [-0.1, -0.05) is 17.7 Å². The van der Waals surface area contributed by atoms with Crippen molar-refractivity contribution >= 4 is 11.6 Å². The number of rotatable bonds is 8. The molecule has 1 aliphatic heterocycles. The number of carbonyl (C=O) groups excluding carboxylic acids is 1. The number of amides is 1. The lowest BCUT2D eigenvalue weighted by molar-refractivity contribution is -0.157. The Morgan fingerprint density at radius 1 is 1.17 bits per heavy atom. The molecule has 2 rings (SSSR count). The summed E-state index contributed by atoms with van der Waals surface area (Å²) in [6, 6.07) is 8.27. The van der Waals surface area contributed by atoms with Gasteiger partial charge in [0.2, 0.25) is 0 Å². The second-order valence-electron chi connectivity index (χ2n) is 6.57. The number of aliphatic hydroxyl groups is 1. The molecule has 134 valence electrons. The molecule has 0 aromatic heterocycles. The monoisotopic (exact) mass is 336 g/mol. The molecular formula is C18H28N2O4. The van der Waals surface area contributed by atoms with Crippen LogP contribution in [0.3, 0.4) is 0 Å². The summed E-state index contributed by atoms with van der Waals surface area (Å²) in [5.41, 5.74) is 2.35. The Morgan fingerprint density at radius 2 is 1.83 bits per heavy atom. The van der Waals surface area contributed by atoms with Crippen LogP contribution >= 0.6 is 0 Å². The van der Waals surface area contributed by atoms with E-state index in [9.17, 15) is 9.90 Å². The van der Waals surface area contributed by atoms with Gasteiger partial charge in [0, 0.05) is 18.8 Å². The first-order valence-corrected chi connectivity index (χ1v) is 8.46. The lowest BCUT2D eigenvalue weighted by Crippen LogP contribution is -2.42. The number of benzene rings is 1. The van der Waals surface area contributed by atoms with E-state index in [-0.39, 0.29) is 12.5 Å². The molecule has 1 amide bonds. The quantitative estimate of drug-likeness (QED) is 0.631. The van der Waals surface area contributed by atoms with E-state index in [0.29, 0.717) is 6.54 Å². The van der Waals surface area contributed by atoms with Crippen molar-refractivity contribution in [1.29, 1.82) is 0 Å². The normalized spacial score (nSPS) is 22.3. The molecule has 1 aromatic carbocycles. The van der Waals surface area contributed by atoms with Gasteiger partial charge in [-0.2, -0.15) is 0 Å². The Morgan fingerprint density at radius 3 is 2.50 bits per heavy atom. The number of aryl methyl sites for hydroxylation is 1. The third-order valence-electron chi connectivity index (χ3n) is 3.91. The molecule has 1 saturated heterocycles. The molecule has 0 bridgehead atoms. The predicted octanol–water partition coefficient (Wildman–Crippen LogP) is 1.82. The summed E-state index contributed by atoms with van der Waals surface area (Å²) < 4.78 is 11.0. The van der Waals surface area contributed by atoms with Gasteiger partial charge in [0.25, 0.3) is 5.91 Å². The third-order valence-corrected chi connectivity index (χ3v) is 3.91. The van der Waals surface area contributed by atoms with Crippen molar-refractivity contribution in [2.24, 2.45) is 0 Å². The van der Waals surface area contributed by atoms with Crippen molar-refractivity contribution in [2.45, 2.75) is 51.6 Å². The van der Waals surface area contributed by atoms with E-state index >= 15 is 0 Å². The Bertz CT molecular complexity index is 530. The van der Waals surface area contributed by atoms with E-state index in [2.05, 4.69) is 41.8 Å². The molecule has 3 N–H and O–H groups in total. The summed E-state index contributed by atoms with van der Waals surface area (Å²) in [6.45, 7) is 6.73. The van der Waals surface area contributed by atoms with Crippen molar-refractivity contribution in [3.63, 3.8) is 0 Å². The lowest BCUT2D eigenvalue weighted by Gasteiger charge is -2.16. The smallest absolute Gasteiger partial charge is 0.252 e. The van der Waals surface area contributed by atoms with Crippen molar-refractivity contribution in [3.8, 4) is 0 Å². The van der Waals surface area contributed by atoms with Gasteiger partial charge in [-0.05, 0) is 45.7 Å². The molecule has 0 saturated carbocycles. The standard InChI is InChI=1S/C18H28N2O4/c1-13-6-8-14(9-7-13)19-10-4-5-11-20-17(22)16-15(12-21)23-18(2,3)24-16/h6-9,15-16,19,21H,4-5,10-12H2,1-3H3,(H,20,22). The summed E-state index contributed by atoms with van der Waals surface area (Å²) in [4.78, 5) is 12.1. The number of hydrogen-bond donors (Lipinski definition) is 3. The highest BCUT2D eigenvalue weighted by Gasteiger charge is 2.44. The van der Waals surface area contributed by atoms with Gasteiger partial charge in [-0.15, -0.1) is 0 Å². The summed E-state index contributed by atoms with van der Waals surface area (Å²) in [5.74, 6) is -1.07. The molecule has 1 heterocycles.